The molecule has 9 heteroatoms. The molecular formula is C13H11IN4O4. The molecule has 0 radical (unpaired) electrons. The number of nitrogens with zero attached hydrogens (tertiary/aromatic N) is 1. The van der Waals surface area contributed by atoms with Gasteiger partial charge in [-0.2, -0.15) is 5.10 Å². The van der Waals surface area contributed by atoms with Gasteiger partial charge in [0.1, 0.15) is 5.56 Å². The minimum Gasteiger partial charge on any atom is -0.494 e. The van der Waals surface area contributed by atoms with Gasteiger partial charge in [-0.05, 0) is 53.8 Å². The molecule has 0 unspecified atom stereocenters. The van der Waals surface area contributed by atoms with E-state index in [1.807, 2.05) is 9.97 Å². The van der Waals surface area contributed by atoms with Gasteiger partial charge in [0.05, 0.1) is 5.71 Å². The second-order valence-electron chi connectivity index (χ2n) is 4.28. The highest BCUT2D eigenvalue weighted by atomic mass is 127. The maximum atomic E-state index is 11.9. The van der Waals surface area contributed by atoms with Crippen LogP contribution in [0.5, 0.6) is 5.88 Å². The summed E-state index contributed by atoms with van der Waals surface area (Å²) in [7, 11) is 0. The number of amides is 1. The van der Waals surface area contributed by atoms with Gasteiger partial charge in [-0.3, -0.25) is 19.6 Å². The highest BCUT2D eigenvalue weighted by molar-refractivity contribution is 14.1. The van der Waals surface area contributed by atoms with Crippen LogP contribution in [0.3, 0.4) is 0 Å². The molecule has 0 bridgehead atoms. The number of benzene rings is 1. The first kappa shape index (κ1) is 15.9. The fourth-order valence-electron chi connectivity index (χ4n) is 1.67. The summed E-state index contributed by atoms with van der Waals surface area (Å²) >= 11 is 2.12. The van der Waals surface area contributed by atoms with Gasteiger partial charge in [-0.15, -0.1) is 0 Å². The van der Waals surface area contributed by atoms with Crippen LogP contribution in [-0.2, 0) is 0 Å². The number of aromatic amines is 2. The van der Waals surface area contributed by atoms with E-state index in [1.165, 1.54) is 6.92 Å². The number of H-pyrrole nitrogens is 2. The zero-order valence-electron chi connectivity index (χ0n) is 11.3. The molecular weight excluding hydrogens is 403 g/mol. The van der Waals surface area contributed by atoms with Gasteiger partial charge in [0.25, 0.3) is 11.5 Å². The van der Waals surface area contributed by atoms with Crippen molar-refractivity contribution in [1.82, 2.24) is 15.4 Å². The smallest absolute Gasteiger partial charge is 0.328 e. The van der Waals surface area contributed by atoms with Gasteiger partial charge in [-0.25, -0.2) is 10.2 Å². The van der Waals surface area contributed by atoms with Crippen LogP contribution >= 0.6 is 22.6 Å². The predicted octanol–water partition coefficient (Wildman–Crippen LogP) is 0.527. The van der Waals surface area contributed by atoms with Crippen LogP contribution in [0.2, 0.25) is 0 Å². The fourth-order valence-corrected chi connectivity index (χ4v) is 2.03. The van der Waals surface area contributed by atoms with E-state index in [-0.39, 0.29) is 11.3 Å². The maximum Gasteiger partial charge on any atom is 0.328 e. The number of carbonyl (C=O) groups excluding carboxylic acids is 1. The molecule has 8 nitrogen and oxygen atoms in total. The van der Waals surface area contributed by atoms with Crippen molar-refractivity contribution in [3.63, 3.8) is 0 Å². The number of nitrogens with one attached hydrogen (secondary N) is 3. The lowest BCUT2D eigenvalue weighted by molar-refractivity contribution is 0.0955. The van der Waals surface area contributed by atoms with Crippen LogP contribution in [0.15, 0.2) is 39.0 Å². The monoisotopic (exact) mass is 414 g/mol. The molecule has 1 amide bonds. The molecule has 0 spiro atoms. The highest BCUT2D eigenvalue weighted by Gasteiger charge is 2.12. The molecule has 0 aliphatic carbocycles. The Kier molecular flexibility index (Phi) is 4.75. The number of hydrogen-bond acceptors (Lipinski definition) is 5. The van der Waals surface area contributed by atoms with Crippen LogP contribution < -0.4 is 16.7 Å². The van der Waals surface area contributed by atoms with E-state index in [1.54, 1.807) is 24.3 Å². The van der Waals surface area contributed by atoms with E-state index < -0.39 is 23.0 Å². The number of hydrazone groups is 1. The van der Waals surface area contributed by atoms with Crippen LogP contribution in [-0.4, -0.2) is 26.7 Å². The second-order valence-corrected chi connectivity index (χ2v) is 5.52. The number of aromatic hydroxyl groups is 1. The summed E-state index contributed by atoms with van der Waals surface area (Å²) in [5.74, 6) is -1.07. The predicted molar refractivity (Wildman–Crippen MR) is 88.2 cm³/mol. The second kappa shape index (κ2) is 6.56. The summed E-state index contributed by atoms with van der Waals surface area (Å²) < 4.78 is 0.985. The summed E-state index contributed by atoms with van der Waals surface area (Å²) in [4.78, 5) is 38.5. The van der Waals surface area contributed by atoms with Crippen molar-refractivity contribution < 1.29 is 9.90 Å². The van der Waals surface area contributed by atoms with Crippen LogP contribution in [0.1, 0.15) is 22.8 Å². The van der Waals surface area contributed by atoms with Crippen molar-refractivity contribution in [2.75, 3.05) is 0 Å². The van der Waals surface area contributed by atoms with Gasteiger partial charge in [0, 0.05) is 9.13 Å². The minimum atomic E-state index is -0.832. The van der Waals surface area contributed by atoms with E-state index in [4.69, 9.17) is 0 Å². The highest BCUT2D eigenvalue weighted by Crippen LogP contribution is 2.08. The molecule has 1 aromatic heterocycles. The summed E-state index contributed by atoms with van der Waals surface area (Å²) in [6.45, 7) is 1.41. The fraction of sp³-hybridized carbons (Fsp3) is 0.0769. The van der Waals surface area contributed by atoms with Gasteiger partial charge in [0.2, 0.25) is 5.88 Å². The Morgan fingerprint density at radius 1 is 1.23 bits per heavy atom. The molecule has 114 valence electrons. The first-order valence-electron chi connectivity index (χ1n) is 6.04. The van der Waals surface area contributed by atoms with Crippen molar-refractivity contribution >= 4 is 34.2 Å². The van der Waals surface area contributed by atoms with E-state index in [0.717, 1.165) is 3.57 Å². The van der Waals surface area contributed by atoms with E-state index in [0.29, 0.717) is 5.56 Å². The Labute approximate surface area is 137 Å². The van der Waals surface area contributed by atoms with Crippen molar-refractivity contribution in [3.05, 3.63) is 59.8 Å². The molecule has 0 aliphatic rings. The molecule has 22 heavy (non-hydrogen) atoms. The van der Waals surface area contributed by atoms with E-state index in [2.05, 4.69) is 33.1 Å². The average Bonchev–Trinajstić information content (AvgIpc) is 2.44. The first-order valence-corrected chi connectivity index (χ1v) is 7.12. The molecule has 0 saturated carbocycles. The Morgan fingerprint density at radius 2 is 1.86 bits per heavy atom. The molecule has 1 aromatic carbocycles. The molecule has 0 fully saturated rings. The number of hydrogen-bond donors (Lipinski definition) is 4. The third kappa shape index (κ3) is 3.61. The van der Waals surface area contributed by atoms with Crippen molar-refractivity contribution in [2.24, 2.45) is 5.10 Å². The molecule has 4 N–H and O–H groups in total. The zero-order valence-corrected chi connectivity index (χ0v) is 13.5. The Hall–Kier alpha value is -2.43. The third-order valence-electron chi connectivity index (χ3n) is 2.72. The molecule has 0 atom stereocenters. The lowest BCUT2D eigenvalue weighted by Crippen LogP contribution is -2.28. The van der Waals surface area contributed by atoms with Crippen molar-refractivity contribution in [3.8, 4) is 5.88 Å². The van der Waals surface area contributed by atoms with Gasteiger partial charge in [-0.1, -0.05) is 0 Å². The number of rotatable bonds is 3. The van der Waals surface area contributed by atoms with Gasteiger partial charge in [0.15, 0.2) is 0 Å². The zero-order chi connectivity index (χ0) is 16.3. The van der Waals surface area contributed by atoms with Crippen LogP contribution in [0.4, 0.5) is 0 Å². The molecule has 0 aliphatic heterocycles. The molecule has 1 heterocycles. The van der Waals surface area contributed by atoms with Crippen LogP contribution in [0, 0.1) is 3.57 Å². The summed E-state index contributed by atoms with van der Waals surface area (Å²) in [5.41, 5.74) is 0.874. The normalized spacial score (nSPS) is 11.3. The average molecular weight is 414 g/mol. The maximum absolute atomic E-state index is 11.9. The van der Waals surface area contributed by atoms with Gasteiger partial charge >= 0.3 is 5.69 Å². The Bertz CT molecular complexity index is 852. The first-order chi connectivity index (χ1) is 10.4. The molecule has 2 aromatic rings. The number of carbonyl (C=O) groups is 1. The largest absolute Gasteiger partial charge is 0.494 e. The lowest BCUT2D eigenvalue weighted by Gasteiger charge is -2.04. The quantitative estimate of drug-likeness (QED) is 0.332. The topological polar surface area (TPSA) is 127 Å². The Balaban J connectivity index is 2.23. The lowest BCUT2D eigenvalue weighted by atomic mass is 10.2. The van der Waals surface area contributed by atoms with Crippen LogP contribution in [0.25, 0.3) is 0 Å². The van der Waals surface area contributed by atoms with E-state index in [9.17, 15) is 19.5 Å². The molecule has 2 rings (SSSR count). The summed E-state index contributed by atoms with van der Waals surface area (Å²) in [5, 5.41) is 13.3. The Morgan fingerprint density at radius 3 is 2.45 bits per heavy atom. The standard InChI is InChI=1S/C13H11IN4O4/c1-6(9-11(20)15-13(22)16-12(9)21)17-18-10(19)7-2-4-8(14)5-3-7/h2-5H,1H3,(H,18,19)(H3,15,16,20,21,22)/b17-6+. The van der Waals surface area contributed by atoms with E-state index >= 15 is 0 Å². The van der Waals surface area contributed by atoms with Crippen molar-refractivity contribution in [1.29, 1.82) is 0 Å². The minimum absolute atomic E-state index is 0.0499. The summed E-state index contributed by atoms with van der Waals surface area (Å²) in [6, 6.07) is 6.80. The van der Waals surface area contributed by atoms with Crippen molar-refractivity contribution in [2.45, 2.75) is 6.92 Å². The molecule has 0 saturated heterocycles. The summed E-state index contributed by atoms with van der Waals surface area (Å²) in [6.07, 6.45) is 0. The SMILES string of the molecule is C/C(=N\NC(=O)c1ccc(I)cc1)c1c(O)[nH]c(=O)[nH]c1=O. The number of aromatic nitrogens is 2. The van der Waals surface area contributed by atoms with Gasteiger partial charge < -0.3 is 5.11 Å². The third-order valence-corrected chi connectivity index (χ3v) is 3.44. The number of halogens is 1.